The maximum Gasteiger partial charge on any atom is 0.259 e. The lowest BCUT2D eigenvalue weighted by molar-refractivity contribution is 0.0626. The molecule has 3 aromatic heterocycles. The summed E-state index contributed by atoms with van der Waals surface area (Å²) in [6, 6.07) is 9.80. The quantitative estimate of drug-likeness (QED) is 0.435. The summed E-state index contributed by atoms with van der Waals surface area (Å²) in [5, 5.41) is 5.99. The zero-order chi connectivity index (χ0) is 26.2. The molecule has 0 radical (unpaired) electrons. The molecule has 2 fully saturated rings. The van der Waals surface area contributed by atoms with Gasteiger partial charge in [0.05, 0.1) is 41.5 Å². The molecule has 38 heavy (non-hydrogen) atoms. The number of pyridine rings is 2. The van der Waals surface area contributed by atoms with Gasteiger partial charge in [-0.1, -0.05) is 6.07 Å². The minimum Gasteiger partial charge on any atom is -0.481 e. The first-order chi connectivity index (χ1) is 18.5. The van der Waals surface area contributed by atoms with Crippen molar-refractivity contribution in [2.45, 2.75) is 32.4 Å². The Labute approximate surface area is 220 Å². The van der Waals surface area contributed by atoms with Gasteiger partial charge < -0.3 is 19.4 Å². The van der Waals surface area contributed by atoms with Gasteiger partial charge in [-0.25, -0.2) is 4.98 Å². The van der Waals surface area contributed by atoms with Gasteiger partial charge in [-0.2, -0.15) is 5.10 Å². The monoisotopic (exact) mass is 516 g/mol. The number of hydrogen-bond donors (Lipinski definition) is 1. The first-order valence-electron chi connectivity index (χ1n) is 13.1. The Hall–Kier alpha value is -3.76. The Morgan fingerprint density at radius 3 is 2.68 bits per heavy atom. The van der Waals surface area contributed by atoms with Gasteiger partial charge in [0.1, 0.15) is 0 Å². The molecule has 6 rings (SSSR count). The summed E-state index contributed by atoms with van der Waals surface area (Å²) in [5.41, 5.74) is 3.81. The van der Waals surface area contributed by atoms with Gasteiger partial charge >= 0.3 is 0 Å². The number of aromatic nitrogens is 4. The number of ether oxygens (including phenoxy) is 2. The van der Waals surface area contributed by atoms with Crippen LogP contribution in [0.3, 0.4) is 0 Å². The highest BCUT2D eigenvalue weighted by Gasteiger charge is 2.26. The van der Waals surface area contributed by atoms with Crippen molar-refractivity contribution in [1.82, 2.24) is 29.5 Å². The van der Waals surface area contributed by atoms with E-state index in [2.05, 4.69) is 20.0 Å². The number of benzene rings is 1. The molecule has 4 aromatic rings. The van der Waals surface area contributed by atoms with Crippen molar-refractivity contribution in [3.05, 3.63) is 63.7 Å². The van der Waals surface area contributed by atoms with Crippen molar-refractivity contribution in [3.8, 4) is 5.88 Å². The maximum atomic E-state index is 13.7. The van der Waals surface area contributed by atoms with Crippen molar-refractivity contribution in [3.63, 3.8) is 0 Å². The number of methoxy groups -OCH3 is 1. The van der Waals surface area contributed by atoms with E-state index >= 15 is 0 Å². The summed E-state index contributed by atoms with van der Waals surface area (Å²) in [4.78, 5) is 38.3. The van der Waals surface area contributed by atoms with Crippen LogP contribution in [-0.4, -0.2) is 82.0 Å². The molecule has 2 aliphatic rings. The second-order valence-corrected chi connectivity index (χ2v) is 10.1. The lowest BCUT2D eigenvalue weighted by Crippen LogP contribution is -2.48. The van der Waals surface area contributed by atoms with Gasteiger partial charge in [0.25, 0.3) is 11.5 Å². The largest absolute Gasteiger partial charge is 0.481 e. The van der Waals surface area contributed by atoms with Gasteiger partial charge in [0.15, 0.2) is 0 Å². The standard InChI is InChI=1S/C28H32N6O4/c1-18-14-24-22(26-23(27(35)31-24)16-29-34(26)20-6-12-38-13-7-20)15-21(18)28(36)33-10-8-32(9-11-33)17-19-4-3-5-25(30-19)37-2/h3-5,14-16,20H,6-13,17H2,1-2H3,(H,31,35). The van der Waals surface area contributed by atoms with E-state index in [-0.39, 0.29) is 17.5 Å². The molecule has 198 valence electrons. The van der Waals surface area contributed by atoms with E-state index in [0.29, 0.717) is 43.1 Å². The highest BCUT2D eigenvalue weighted by atomic mass is 16.5. The van der Waals surface area contributed by atoms with Gasteiger partial charge in [-0.05, 0) is 43.5 Å². The Balaban J connectivity index is 1.26. The van der Waals surface area contributed by atoms with Crippen LogP contribution in [0.5, 0.6) is 5.88 Å². The van der Waals surface area contributed by atoms with Crippen LogP contribution < -0.4 is 10.3 Å². The summed E-state index contributed by atoms with van der Waals surface area (Å²) >= 11 is 0. The third-order valence-electron chi connectivity index (χ3n) is 7.71. The van der Waals surface area contributed by atoms with E-state index in [0.717, 1.165) is 60.2 Å². The number of rotatable bonds is 5. The summed E-state index contributed by atoms with van der Waals surface area (Å²) in [6.45, 7) is 6.82. The number of carbonyl (C=O) groups excluding carboxylic acids is 1. The Kier molecular flexibility index (Phi) is 6.59. The third kappa shape index (κ3) is 4.54. The first-order valence-corrected chi connectivity index (χ1v) is 13.1. The number of hydrogen-bond acceptors (Lipinski definition) is 7. The van der Waals surface area contributed by atoms with Gasteiger partial charge in [-0.3, -0.25) is 19.2 Å². The molecule has 2 saturated heterocycles. The van der Waals surface area contributed by atoms with Gasteiger partial charge in [0, 0.05) is 63.0 Å². The Morgan fingerprint density at radius 1 is 1.13 bits per heavy atom. The average molecular weight is 517 g/mol. The van der Waals surface area contributed by atoms with E-state index in [9.17, 15) is 9.59 Å². The fourth-order valence-corrected chi connectivity index (χ4v) is 5.60. The topological polar surface area (TPSA) is 106 Å². The lowest BCUT2D eigenvalue weighted by atomic mass is 10.0. The van der Waals surface area contributed by atoms with Crippen LogP contribution >= 0.6 is 0 Å². The summed E-state index contributed by atoms with van der Waals surface area (Å²) in [6.07, 6.45) is 3.33. The number of aromatic amines is 1. The molecule has 10 nitrogen and oxygen atoms in total. The molecule has 0 spiro atoms. The molecule has 0 aliphatic carbocycles. The van der Waals surface area contributed by atoms with Crippen LogP contribution in [0.2, 0.25) is 0 Å². The second-order valence-electron chi connectivity index (χ2n) is 10.1. The fraction of sp³-hybridized carbons (Fsp3) is 0.429. The SMILES string of the molecule is COc1cccc(CN2CCN(C(=O)c3cc4c(cc3C)[nH]c(=O)c3cnn(C5CCOCC5)c34)CC2)n1. The number of aryl methyl sites for hydroxylation is 1. The molecule has 0 saturated carbocycles. The van der Waals surface area contributed by atoms with E-state index in [4.69, 9.17) is 9.47 Å². The van der Waals surface area contributed by atoms with Crippen molar-refractivity contribution in [2.24, 2.45) is 0 Å². The van der Waals surface area contributed by atoms with Crippen molar-refractivity contribution < 1.29 is 14.3 Å². The van der Waals surface area contributed by atoms with E-state index < -0.39 is 0 Å². The number of carbonyl (C=O) groups is 1. The molecule has 5 heterocycles. The summed E-state index contributed by atoms with van der Waals surface area (Å²) in [7, 11) is 1.62. The van der Waals surface area contributed by atoms with Gasteiger partial charge in [0.2, 0.25) is 5.88 Å². The predicted octanol–water partition coefficient (Wildman–Crippen LogP) is 2.90. The molecular formula is C28H32N6O4. The number of H-pyrrole nitrogens is 1. The van der Waals surface area contributed by atoms with Crippen LogP contribution in [-0.2, 0) is 11.3 Å². The maximum absolute atomic E-state index is 13.7. The smallest absolute Gasteiger partial charge is 0.259 e. The number of nitrogens with zero attached hydrogens (tertiary/aromatic N) is 5. The highest BCUT2D eigenvalue weighted by Crippen LogP contribution is 2.30. The zero-order valence-corrected chi connectivity index (χ0v) is 21.8. The predicted molar refractivity (Wildman–Crippen MR) is 144 cm³/mol. The number of nitrogens with one attached hydrogen (secondary N) is 1. The van der Waals surface area contributed by atoms with Crippen LogP contribution in [0.1, 0.15) is 40.5 Å². The van der Waals surface area contributed by atoms with E-state index in [1.165, 1.54) is 0 Å². The Morgan fingerprint density at radius 2 is 1.92 bits per heavy atom. The van der Waals surface area contributed by atoms with E-state index in [1.54, 1.807) is 13.3 Å². The fourth-order valence-electron chi connectivity index (χ4n) is 5.60. The highest BCUT2D eigenvalue weighted by molar-refractivity contribution is 6.07. The molecule has 0 unspecified atom stereocenters. The Bertz CT molecular complexity index is 1550. The summed E-state index contributed by atoms with van der Waals surface area (Å²) < 4.78 is 12.7. The van der Waals surface area contributed by atoms with Crippen LogP contribution in [0.15, 0.2) is 41.3 Å². The molecular weight excluding hydrogens is 484 g/mol. The first kappa shape index (κ1) is 24.6. The zero-order valence-electron chi connectivity index (χ0n) is 21.8. The molecule has 1 aromatic carbocycles. The minimum atomic E-state index is -0.161. The third-order valence-corrected chi connectivity index (χ3v) is 7.71. The van der Waals surface area contributed by atoms with Crippen LogP contribution in [0.25, 0.3) is 21.8 Å². The number of amides is 1. The number of piperazine rings is 1. The van der Waals surface area contributed by atoms with E-state index in [1.807, 2.05) is 46.8 Å². The normalized spacial score (nSPS) is 17.4. The van der Waals surface area contributed by atoms with Crippen molar-refractivity contribution >= 4 is 27.7 Å². The molecule has 1 N–H and O–H groups in total. The number of fused-ring (bicyclic) bond motifs is 3. The summed E-state index contributed by atoms with van der Waals surface area (Å²) in [5.74, 6) is 0.622. The van der Waals surface area contributed by atoms with Crippen molar-refractivity contribution in [1.29, 1.82) is 0 Å². The molecule has 2 aliphatic heterocycles. The van der Waals surface area contributed by atoms with Crippen molar-refractivity contribution in [2.75, 3.05) is 46.5 Å². The second kappa shape index (κ2) is 10.2. The average Bonchev–Trinajstić information content (AvgIpc) is 3.40. The molecule has 0 atom stereocenters. The molecule has 10 heteroatoms. The lowest BCUT2D eigenvalue weighted by Gasteiger charge is -2.35. The van der Waals surface area contributed by atoms with Crippen LogP contribution in [0, 0.1) is 6.92 Å². The van der Waals surface area contributed by atoms with Gasteiger partial charge in [-0.15, -0.1) is 0 Å². The minimum absolute atomic E-state index is 0.0139. The van der Waals surface area contributed by atoms with Crippen LogP contribution in [0.4, 0.5) is 0 Å². The molecule has 1 amide bonds. The molecule has 0 bridgehead atoms.